The van der Waals surface area contributed by atoms with Crippen molar-refractivity contribution >= 4 is 5.91 Å². The summed E-state index contributed by atoms with van der Waals surface area (Å²) in [7, 11) is 1.62. The van der Waals surface area contributed by atoms with Gasteiger partial charge in [0, 0.05) is 26.7 Å². The molecule has 0 spiro atoms. The molecule has 0 aliphatic carbocycles. The highest BCUT2D eigenvalue weighted by Gasteiger charge is 2.07. The Bertz CT molecular complexity index is 430. The molecule has 21 heavy (non-hydrogen) atoms. The highest BCUT2D eigenvalue weighted by molar-refractivity contribution is 5.78. The van der Waals surface area contributed by atoms with Crippen LogP contribution in [-0.4, -0.2) is 45.9 Å². The molecule has 0 aliphatic rings. The molecule has 0 heterocycles. The van der Waals surface area contributed by atoms with Crippen molar-refractivity contribution in [1.82, 2.24) is 10.6 Å². The average molecular weight is 302 g/mol. The lowest BCUT2D eigenvalue weighted by Crippen LogP contribution is -2.33. The van der Waals surface area contributed by atoms with Crippen molar-refractivity contribution in [3.63, 3.8) is 0 Å². The van der Waals surface area contributed by atoms with Gasteiger partial charge in [-0.25, -0.2) is 0 Å². The van der Waals surface area contributed by atoms with Crippen LogP contribution in [0.1, 0.15) is 5.56 Å². The predicted molar refractivity (Wildman–Crippen MR) is 74.5 cm³/mol. The minimum Gasteiger partial charge on any atom is -0.435 e. The van der Waals surface area contributed by atoms with Crippen molar-refractivity contribution in [1.29, 1.82) is 0 Å². The van der Waals surface area contributed by atoms with Crippen molar-refractivity contribution in [2.24, 2.45) is 0 Å². The Morgan fingerprint density at radius 3 is 2.81 bits per heavy atom. The first-order chi connectivity index (χ1) is 10.1. The Balaban J connectivity index is 2.27. The molecule has 1 aromatic rings. The Kier molecular flexibility index (Phi) is 8.30. The molecule has 0 bridgehead atoms. The standard InChI is InChI=1S/C14H20F2N2O3/c1-20-8-7-17-5-6-18-13(19)10-11-3-2-4-12(9-11)21-14(15)16/h2-4,9,14,17H,5-8,10H2,1H3,(H,18,19). The molecular formula is C14H20F2N2O3. The minimum atomic E-state index is -2.87. The molecule has 118 valence electrons. The summed E-state index contributed by atoms with van der Waals surface area (Å²) in [6.45, 7) is -0.392. The quantitative estimate of drug-likeness (QED) is 0.637. The number of carbonyl (C=O) groups is 1. The van der Waals surface area contributed by atoms with Gasteiger partial charge in [0.25, 0.3) is 0 Å². The van der Waals surface area contributed by atoms with Crippen LogP contribution in [0.15, 0.2) is 24.3 Å². The van der Waals surface area contributed by atoms with Crippen molar-refractivity contribution in [3.8, 4) is 5.75 Å². The van der Waals surface area contributed by atoms with Crippen LogP contribution < -0.4 is 15.4 Å². The van der Waals surface area contributed by atoms with Gasteiger partial charge in [-0.3, -0.25) is 4.79 Å². The lowest BCUT2D eigenvalue weighted by atomic mass is 10.1. The van der Waals surface area contributed by atoms with E-state index in [0.717, 1.165) is 6.54 Å². The number of nitrogens with one attached hydrogen (secondary N) is 2. The second kappa shape index (κ2) is 10.1. The lowest BCUT2D eigenvalue weighted by molar-refractivity contribution is -0.120. The molecule has 2 N–H and O–H groups in total. The molecule has 0 aliphatic heterocycles. The van der Waals surface area contributed by atoms with Gasteiger partial charge >= 0.3 is 6.61 Å². The molecule has 1 aromatic carbocycles. The molecule has 0 fully saturated rings. The Morgan fingerprint density at radius 1 is 1.29 bits per heavy atom. The van der Waals surface area contributed by atoms with Crippen molar-refractivity contribution in [2.75, 3.05) is 33.4 Å². The number of ether oxygens (including phenoxy) is 2. The van der Waals surface area contributed by atoms with E-state index in [2.05, 4.69) is 15.4 Å². The van der Waals surface area contributed by atoms with E-state index in [1.165, 1.54) is 12.1 Å². The highest BCUT2D eigenvalue weighted by atomic mass is 19.3. The fourth-order valence-corrected chi connectivity index (χ4v) is 1.67. The molecule has 0 saturated carbocycles. The third-order valence-corrected chi connectivity index (χ3v) is 2.60. The maximum Gasteiger partial charge on any atom is 0.387 e. The second-order valence-electron chi connectivity index (χ2n) is 4.30. The number of halogens is 2. The van der Waals surface area contributed by atoms with Gasteiger partial charge in [-0.15, -0.1) is 0 Å². The zero-order valence-corrected chi connectivity index (χ0v) is 11.9. The third kappa shape index (κ3) is 8.21. The molecular weight excluding hydrogens is 282 g/mol. The summed E-state index contributed by atoms with van der Waals surface area (Å²) < 4.78 is 33.3. The zero-order chi connectivity index (χ0) is 15.5. The second-order valence-corrected chi connectivity index (χ2v) is 4.30. The van der Waals surface area contributed by atoms with E-state index in [1.54, 1.807) is 19.2 Å². The van der Waals surface area contributed by atoms with Crippen molar-refractivity contribution < 1.29 is 23.0 Å². The van der Waals surface area contributed by atoms with E-state index < -0.39 is 6.61 Å². The number of methoxy groups -OCH3 is 1. The van der Waals surface area contributed by atoms with Crippen LogP contribution in [0.5, 0.6) is 5.75 Å². The largest absolute Gasteiger partial charge is 0.435 e. The Morgan fingerprint density at radius 2 is 2.10 bits per heavy atom. The van der Waals surface area contributed by atoms with E-state index in [1.807, 2.05) is 0 Å². The summed E-state index contributed by atoms with van der Waals surface area (Å²) in [5, 5.41) is 5.83. The lowest BCUT2D eigenvalue weighted by Gasteiger charge is -2.08. The summed E-state index contributed by atoms with van der Waals surface area (Å²) >= 11 is 0. The predicted octanol–water partition coefficient (Wildman–Crippen LogP) is 1.18. The first-order valence-corrected chi connectivity index (χ1v) is 6.62. The molecule has 0 unspecified atom stereocenters. The fraction of sp³-hybridized carbons (Fsp3) is 0.500. The topological polar surface area (TPSA) is 59.6 Å². The number of rotatable bonds is 10. The smallest absolute Gasteiger partial charge is 0.387 e. The molecule has 0 saturated heterocycles. The van der Waals surface area contributed by atoms with Gasteiger partial charge < -0.3 is 20.1 Å². The van der Waals surface area contributed by atoms with Gasteiger partial charge in [-0.2, -0.15) is 8.78 Å². The monoisotopic (exact) mass is 302 g/mol. The number of amides is 1. The third-order valence-electron chi connectivity index (χ3n) is 2.60. The van der Waals surface area contributed by atoms with Crippen LogP contribution in [0.2, 0.25) is 0 Å². The molecule has 7 heteroatoms. The number of alkyl halides is 2. The summed E-state index contributed by atoms with van der Waals surface area (Å²) in [5.74, 6) is -0.116. The van der Waals surface area contributed by atoms with E-state index in [-0.39, 0.29) is 18.1 Å². The van der Waals surface area contributed by atoms with Crippen LogP contribution in [0.3, 0.4) is 0 Å². The minimum absolute atomic E-state index is 0.0523. The first-order valence-electron chi connectivity index (χ1n) is 6.62. The summed E-state index contributed by atoms with van der Waals surface area (Å²) in [4.78, 5) is 11.7. The molecule has 0 radical (unpaired) electrons. The van der Waals surface area contributed by atoms with Crippen LogP contribution in [0.4, 0.5) is 8.78 Å². The number of hydrogen-bond donors (Lipinski definition) is 2. The normalized spacial score (nSPS) is 10.7. The number of hydrogen-bond acceptors (Lipinski definition) is 4. The van der Waals surface area contributed by atoms with Gasteiger partial charge in [0.2, 0.25) is 5.91 Å². The van der Waals surface area contributed by atoms with E-state index in [9.17, 15) is 13.6 Å². The summed E-state index contributed by atoms with van der Waals surface area (Å²) in [6.07, 6.45) is 0.124. The number of carbonyl (C=O) groups excluding carboxylic acids is 1. The van der Waals surface area contributed by atoms with E-state index in [0.29, 0.717) is 25.3 Å². The van der Waals surface area contributed by atoms with Crippen LogP contribution in [0, 0.1) is 0 Å². The zero-order valence-electron chi connectivity index (χ0n) is 11.9. The summed E-state index contributed by atoms with van der Waals surface area (Å²) in [5.41, 5.74) is 0.623. The maximum absolute atomic E-state index is 12.1. The van der Waals surface area contributed by atoms with Gasteiger partial charge in [0.05, 0.1) is 13.0 Å². The first kappa shape index (κ1) is 17.3. The molecule has 1 amide bonds. The van der Waals surface area contributed by atoms with Crippen LogP contribution in [0.25, 0.3) is 0 Å². The van der Waals surface area contributed by atoms with Gasteiger partial charge in [-0.1, -0.05) is 12.1 Å². The van der Waals surface area contributed by atoms with Gasteiger partial charge in [-0.05, 0) is 17.7 Å². The Hall–Kier alpha value is -1.73. The SMILES string of the molecule is COCCNCCNC(=O)Cc1cccc(OC(F)F)c1. The fourth-order valence-electron chi connectivity index (χ4n) is 1.67. The van der Waals surface area contributed by atoms with Gasteiger partial charge in [0.15, 0.2) is 0 Å². The molecule has 5 nitrogen and oxygen atoms in total. The molecule has 0 aromatic heterocycles. The Labute approximate surface area is 122 Å². The molecule has 1 rings (SSSR count). The summed E-state index contributed by atoms with van der Waals surface area (Å²) in [6, 6.07) is 6.12. The maximum atomic E-state index is 12.1. The average Bonchev–Trinajstić information content (AvgIpc) is 2.42. The van der Waals surface area contributed by atoms with Crippen molar-refractivity contribution in [2.45, 2.75) is 13.0 Å². The van der Waals surface area contributed by atoms with Crippen LogP contribution >= 0.6 is 0 Å². The molecule has 0 atom stereocenters. The van der Waals surface area contributed by atoms with E-state index in [4.69, 9.17) is 4.74 Å². The highest BCUT2D eigenvalue weighted by Crippen LogP contribution is 2.16. The van der Waals surface area contributed by atoms with Crippen molar-refractivity contribution in [3.05, 3.63) is 29.8 Å². The van der Waals surface area contributed by atoms with Crippen LogP contribution in [-0.2, 0) is 16.0 Å². The van der Waals surface area contributed by atoms with E-state index >= 15 is 0 Å². The van der Waals surface area contributed by atoms with Gasteiger partial charge in [0.1, 0.15) is 5.75 Å². The number of benzene rings is 1.